The Morgan fingerprint density at radius 3 is 1.72 bits per heavy atom. The van der Waals surface area contributed by atoms with E-state index >= 15 is 4.39 Å². The highest BCUT2D eigenvalue weighted by Crippen LogP contribution is 2.31. The normalized spacial score (nSPS) is 13.6. The zero-order valence-corrected chi connectivity index (χ0v) is 83.2. The SMILES string of the molecule is CCc1cc(OCCCCNC(=O)CCOCCOCCOCCOCCOCCOCCOCCOCCNC(=O)CCC(=O)N2Cc3ccccc3C#Cc3ccccc32)ccc1-c1ccc(C[C@H](NC(=O)[C@H](CC(=O)O)NC(=O)[C@H](CO)NC(=O)[C@@H](NC(=O)[C@](C)(Cc2ccccc2F)NC(=O)[C@@H](NC(=O)CNC(=O)[C@H](Cc2nn[nH]n2)NC(=O)C(C)(C)C(=O)NCCc2cnc[nH]2)[C@@H](C)O)[C@@H](C)O)C(N)=O)cc1. The van der Waals surface area contributed by atoms with Crippen LogP contribution in [0.25, 0.3) is 11.1 Å². The van der Waals surface area contributed by atoms with Gasteiger partial charge in [-0.15, -0.1) is 10.2 Å². The Labute approximate surface area is 849 Å². The fraction of sp³-hybridized carbons (Fsp3) is 0.500. The average Bonchev–Trinajstić information content (AvgIpc) is 1.18. The number of benzene rings is 5. The van der Waals surface area contributed by atoms with Gasteiger partial charge in [-0.3, -0.25) is 67.1 Å². The molecular weight excluding hydrogens is 1920 g/mol. The highest BCUT2D eigenvalue weighted by Gasteiger charge is 2.44. The van der Waals surface area contributed by atoms with Crippen LogP contribution in [0.15, 0.2) is 128 Å². The molecule has 0 radical (unpaired) electrons. The van der Waals surface area contributed by atoms with Crippen LogP contribution in [0.5, 0.6) is 5.75 Å². The zero-order chi connectivity index (χ0) is 106. The van der Waals surface area contributed by atoms with Crippen molar-refractivity contribution < 1.29 is 135 Å². The minimum absolute atomic E-state index is 0.0491. The van der Waals surface area contributed by atoms with Crippen LogP contribution in [0.2, 0.25) is 0 Å². The molecule has 798 valence electrons. The number of imidazole rings is 1. The highest BCUT2D eigenvalue weighted by atomic mass is 19.1. The summed E-state index contributed by atoms with van der Waals surface area (Å²) in [4.78, 5) is 197. The molecule has 3 heterocycles. The van der Waals surface area contributed by atoms with Gasteiger partial charge in [-0.2, -0.15) is 5.21 Å². The number of carboxylic acid groups (broad SMARTS) is 1. The average molecular weight is 2050 g/mol. The molecule has 0 bridgehead atoms. The van der Waals surface area contributed by atoms with Gasteiger partial charge in [0.2, 0.25) is 76.8 Å². The number of rotatable bonds is 70. The monoisotopic (exact) mass is 2050 g/mol. The maximum atomic E-state index is 15.5. The molecule has 13 amide bonds. The number of aryl methyl sites for hydroxylation is 1. The number of aromatic amines is 2. The Bertz CT molecular complexity index is 5480. The number of aliphatic hydroxyl groups is 3. The number of nitrogens with two attached hydrogens (primary N) is 1. The Morgan fingerprint density at radius 1 is 0.537 bits per heavy atom. The van der Waals surface area contributed by atoms with Gasteiger partial charge in [0.15, 0.2) is 5.82 Å². The first-order chi connectivity index (χ1) is 70.7. The molecule has 8 rings (SSSR count). The van der Waals surface area contributed by atoms with E-state index in [1.807, 2.05) is 73.7 Å². The maximum Gasteiger partial charge on any atom is 0.305 e. The van der Waals surface area contributed by atoms with Crippen LogP contribution in [0.4, 0.5) is 10.1 Å². The van der Waals surface area contributed by atoms with Gasteiger partial charge in [0.25, 0.3) is 0 Å². The molecule has 0 aliphatic carbocycles. The Hall–Kier alpha value is -14.2. The largest absolute Gasteiger partial charge is 0.494 e. The van der Waals surface area contributed by atoms with Crippen LogP contribution in [-0.4, -0.2) is 333 Å². The Kier molecular flexibility index (Phi) is 50.8. The van der Waals surface area contributed by atoms with Crippen molar-refractivity contribution >= 4 is 88.5 Å². The molecule has 47 heteroatoms. The van der Waals surface area contributed by atoms with Crippen molar-refractivity contribution in [1.82, 2.24) is 89.1 Å². The molecule has 19 N–H and O–H groups in total. The summed E-state index contributed by atoms with van der Waals surface area (Å²) in [7, 11) is 0. The molecule has 1 aliphatic heterocycles. The number of halogens is 1. The first kappa shape index (κ1) is 118. The van der Waals surface area contributed by atoms with Crippen LogP contribution in [-0.2, 0) is 144 Å². The lowest BCUT2D eigenvalue weighted by Crippen LogP contribution is -2.67. The first-order valence-electron chi connectivity index (χ1n) is 48.3. The topological polar surface area (TPSA) is 648 Å². The number of nitrogens with one attached hydrogen (secondary N) is 13. The number of H-pyrrole nitrogens is 2. The molecular formula is C100H134FN19O27. The summed E-state index contributed by atoms with van der Waals surface area (Å²) in [5.74, 6) is -7.57. The number of nitrogens with zero attached hydrogens (tertiary/aromatic N) is 5. The van der Waals surface area contributed by atoms with Crippen molar-refractivity contribution in [1.29, 1.82) is 0 Å². The van der Waals surface area contributed by atoms with E-state index < -0.39 is 163 Å². The van der Waals surface area contributed by atoms with E-state index in [1.54, 1.807) is 35.4 Å². The molecule has 9 atom stereocenters. The first-order valence-corrected chi connectivity index (χ1v) is 48.3. The second-order valence-corrected chi connectivity index (χ2v) is 34.8. The second-order valence-electron chi connectivity index (χ2n) is 34.8. The van der Waals surface area contributed by atoms with Crippen LogP contribution in [0.1, 0.15) is 125 Å². The van der Waals surface area contributed by atoms with Gasteiger partial charge < -0.3 is 137 Å². The minimum atomic E-state index is -2.39. The van der Waals surface area contributed by atoms with Crippen LogP contribution < -0.4 is 73.9 Å². The van der Waals surface area contributed by atoms with Crippen molar-refractivity contribution in [3.05, 3.63) is 179 Å². The molecule has 147 heavy (non-hydrogen) atoms. The summed E-state index contributed by atoms with van der Waals surface area (Å²) in [6, 6.07) is 21.6. The zero-order valence-electron chi connectivity index (χ0n) is 83.2. The summed E-state index contributed by atoms with van der Waals surface area (Å²) in [5.41, 5.74) is 8.49. The third-order valence-electron chi connectivity index (χ3n) is 22.9. The number of hydrogen-bond acceptors (Lipinski definition) is 30. The Morgan fingerprint density at radius 2 is 1.12 bits per heavy atom. The molecule has 46 nitrogen and oxygen atoms in total. The maximum absolute atomic E-state index is 15.5. The number of primary amides is 1. The number of para-hydroxylation sites is 1. The van der Waals surface area contributed by atoms with Gasteiger partial charge in [-0.1, -0.05) is 103 Å². The molecule has 0 spiro atoms. The van der Waals surface area contributed by atoms with E-state index in [-0.39, 0.29) is 67.9 Å². The fourth-order valence-electron chi connectivity index (χ4n) is 14.6. The van der Waals surface area contributed by atoms with E-state index in [2.05, 4.69) is 101 Å². The van der Waals surface area contributed by atoms with Gasteiger partial charge in [-0.05, 0) is 124 Å². The molecule has 1 aliphatic rings. The number of anilines is 1. The number of carbonyl (C=O) groups is 14. The van der Waals surface area contributed by atoms with Crippen LogP contribution >= 0.6 is 0 Å². The molecule has 0 unspecified atom stereocenters. The number of aliphatic carboxylic acids is 1. The Balaban J connectivity index is 0.658. The van der Waals surface area contributed by atoms with Gasteiger partial charge in [0.1, 0.15) is 58.8 Å². The van der Waals surface area contributed by atoms with E-state index in [4.69, 9.17) is 48.4 Å². The van der Waals surface area contributed by atoms with Crippen molar-refractivity contribution in [2.24, 2.45) is 11.1 Å². The number of aromatic nitrogens is 6. The third-order valence-corrected chi connectivity index (χ3v) is 22.9. The van der Waals surface area contributed by atoms with Gasteiger partial charge >= 0.3 is 5.97 Å². The minimum Gasteiger partial charge on any atom is -0.494 e. The number of tetrazole rings is 1. The molecule has 2 aromatic heterocycles. The van der Waals surface area contributed by atoms with E-state index in [0.717, 1.165) is 65.9 Å². The number of amides is 13. The molecule has 5 aromatic carbocycles. The van der Waals surface area contributed by atoms with Crippen LogP contribution in [0.3, 0.4) is 0 Å². The fourth-order valence-corrected chi connectivity index (χ4v) is 14.6. The van der Waals surface area contributed by atoms with Gasteiger partial charge in [0, 0.05) is 87.6 Å². The van der Waals surface area contributed by atoms with E-state index in [1.165, 1.54) is 38.4 Å². The summed E-state index contributed by atoms with van der Waals surface area (Å²) < 4.78 is 66.0. The van der Waals surface area contributed by atoms with Gasteiger partial charge in [0.05, 0.1) is 163 Å². The highest BCUT2D eigenvalue weighted by molar-refractivity contribution is 6.06. The summed E-state index contributed by atoms with van der Waals surface area (Å²) in [5, 5.41) is 82.2. The van der Waals surface area contributed by atoms with Crippen molar-refractivity contribution in [3.63, 3.8) is 0 Å². The number of fused-ring (bicyclic) bond motifs is 2. The third kappa shape index (κ3) is 41.3. The smallest absolute Gasteiger partial charge is 0.305 e. The molecule has 0 saturated heterocycles. The number of aliphatic hydroxyl groups excluding tert-OH is 3. The predicted molar refractivity (Wildman–Crippen MR) is 526 cm³/mol. The number of carbonyl (C=O) groups excluding carboxylic acids is 13. The molecule has 0 fully saturated rings. The lowest BCUT2D eigenvalue weighted by molar-refractivity contribution is -0.143. The van der Waals surface area contributed by atoms with Crippen molar-refractivity contribution in [2.75, 3.05) is 150 Å². The quantitative estimate of drug-likeness (QED) is 0.0123. The summed E-state index contributed by atoms with van der Waals surface area (Å²) in [6.07, 6.45) is -0.572. The van der Waals surface area contributed by atoms with Crippen molar-refractivity contribution in [3.8, 4) is 28.7 Å². The number of ether oxygens (including phenoxy) is 9. The standard InChI is InChI=1S/C100H134FN19O27/c1-7-67-55-74(147-37-15-14-34-104-84(125)33-38-139-40-42-141-44-46-143-48-50-145-52-53-146-51-49-144-47-45-142-43-41-140-39-36-105-83(124)30-31-86(127)120-61-72-19-9-8-16-68(72)26-27-70-17-11-13-21-81(70)120)28-29-75(67)69-24-22-66(23-25-69)54-77(90(102)130)109-92(132)79(57-87(128)129)110-93(133)80(62-121)111-94(134)88(64(2)122)114-98(138)100(6,58-71-18-10-12-20-76(71)101)115-95(135)89(65(3)123)113-85(126)60-107-91(131)78(56-82-116-118-119-117-82)112-97(137)99(4,5)96(136)106-35-32-73-59-103-63-108-73/h8-13,16-25,28-29,55,59,63-65,77-80,88-89,121-123H,7,14-15,30-54,56-58,60-62H2,1-6H3,(H2,102,130)(H,103,108)(H,104,125)(H,105,124)(H,106,136)(H,107,131)(H,109,132)(H,110,133)(H,111,134)(H,112,137)(H,113,126)(H,114,138)(H,115,135)(H,128,129)(H,116,117,118,119)/t64-,65-,77+,78+,79+,80+,88+,89+,100+/m1/s1. The van der Waals surface area contributed by atoms with Gasteiger partial charge in [-0.25, -0.2) is 9.37 Å². The summed E-state index contributed by atoms with van der Waals surface area (Å²) in [6.45, 7) is 12.9. The second kappa shape index (κ2) is 63.3. The lowest BCUT2D eigenvalue weighted by Gasteiger charge is -2.34. The number of hydrogen-bond donors (Lipinski definition) is 18. The lowest BCUT2D eigenvalue weighted by atomic mass is 9.90. The van der Waals surface area contributed by atoms with E-state index in [9.17, 15) is 87.5 Å². The van der Waals surface area contributed by atoms with Crippen molar-refractivity contribution in [2.45, 2.75) is 173 Å². The number of carboxylic acids is 1. The van der Waals surface area contributed by atoms with E-state index in [0.29, 0.717) is 168 Å². The number of unbranched alkanes of at least 4 members (excludes halogenated alkanes) is 1. The summed E-state index contributed by atoms with van der Waals surface area (Å²) >= 11 is 0. The predicted octanol–water partition coefficient (Wildman–Crippen LogP) is -1.04. The molecule has 7 aromatic rings. The van der Waals surface area contributed by atoms with Crippen LogP contribution in [0, 0.1) is 23.1 Å². The molecule has 0 saturated carbocycles.